The quantitative estimate of drug-likeness (QED) is 0.911. The van der Waals surface area contributed by atoms with Crippen LogP contribution >= 0.6 is 24.0 Å². The van der Waals surface area contributed by atoms with E-state index in [0.717, 1.165) is 19.4 Å². The number of hydrogen-bond acceptors (Lipinski definition) is 2. The topological polar surface area (TPSA) is 51.3 Å². The molecule has 6 heteroatoms. The lowest BCUT2D eigenvalue weighted by Crippen LogP contribution is -2.51. The molecule has 0 aromatic carbocycles. The van der Waals surface area contributed by atoms with Gasteiger partial charge in [0.15, 0.2) is 0 Å². The molecule has 19 heavy (non-hydrogen) atoms. The van der Waals surface area contributed by atoms with Crippen LogP contribution in [0.15, 0.2) is 12.3 Å². The first kappa shape index (κ1) is 16.3. The number of aryl methyl sites for hydroxylation is 1. The minimum absolute atomic E-state index is 0. The third kappa shape index (κ3) is 3.25. The van der Waals surface area contributed by atoms with Crippen molar-refractivity contribution >= 4 is 29.9 Å². The first-order valence-electron chi connectivity index (χ1n) is 6.37. The molecule has 1 aliphatic rings. The summed E-state index contributed by atoms with van der Waals surface area (Å²) >= 11 is 5.93. The summed E-state index contributed by atoms with van der Waals surface area (Å²) < 4.78 is 1.78. The van der Waals surface area contributed by atoms with Gasteiger partial charge in [-0.1, -0.05) is 18.5 Å². The Kier molecular flexibility index (Phi) is 5.71. The van der Waals surface area contributed by atoms with E-state index in [-0.39, 0.29) is 24.4 Å². The monoisotopic (exact) mass is 305 g/mol. The molecule has 1 aliphatic heterocycles. The fourth-order valence-electron chi connectivity index (χ4n) is 2.74. The van der Waals surface area contributed by atoms with Crippen molar-refractivity contribution in [2.45, 2.75) is 25.8 Å². The molecule has 4 nitrogen and oxygen atoms in total. The van der Waals surface area contributed by atoms with Crippen molar-refractivity contribution in [1.82, 2.24) is 9.47 Å². The Morgan fingerprint density at radius 2 is 2.26 bits per heavy atom. The van der Waals surface area contributed by atoms with Crippen LogP contribution in [0.5, 0.6) is 0 Å². The van der Waals surface area contributed by atoms with Crippen molar-refractivity contribution in [3.05, 3.63) is 23.0 Å². The molecule has 2 N–H and O–H groups in total. The maximum atomic E-state index is 12.5. The predicted molar refractivity (Wildman–Crippen MR) is 79.9 cm³/mol. The van der Waals surface area contributed by atoms with Gasteiger partial charge >= 0.3 is 0 Å². The highest BCUT2D eigenvalue weighted by atomic mass is 35.5. The van der Waals surface area contributed by atoms with Gasteiger partial charge in [0.05, 0.1) is 5.02 Å². The Hall–Kier alpha value is -0.710. The molecule has 1 aromatic rings. The van der Waals surface area contributed by atoms with Gasteiger partial charge in [0.1, 0.15) is 5.69 Å². The number of nitrogens with two attached hydrogens (primary N) is 1. The average Bonchev–Trinajstić information content (AvgIpc) is 2.67. The lowest BCUT2D eigenvalue weighted by Gasteiger charge is -2.39. The fourth-order valence-corrected chi connectivity index (χ4v) is 2.99. The van der Waals surface area contributed by atoms with Gasteiger partial charge in [-0.3, -0.25) is 4.79 Å². The molecule has 1 saturated heterocycles. The summed E-state index contributed by atoms with van der Waals surface area (Å²) in [4.78, 5) is 14.4. The fraction of sp³-hybridized carbons (Fsp3) is 0.615. The lowest BCUT2D eigenvalue weighted by molar-refractivity contribution is 0.0523. The van der Waals surface area contributed by atoms with Crippen LogP contribution in [0.1, 0.15) is 30.3 Å². The third-order valence-corrected chi connectivity index (χ3v) is 4.02. The summed E-state index contributed by atoms with van der Waals surface area (Å²) in [5, 5.41) is 0.593. The number of likely N-dealkylation sites (tertiary alicyclic amines) is 1. The van der Waals surface area contributed by atoms with E-state index in [1.807, 2.05) is 11.9 Å². The molecular weight excluding hydrogens is 285 g/mol. The van der Waals surface area contributed by atoms with E-state index in [0.29, 0.717) is 23.2 Å². The highest BCUT2D eigenvalue weighted by Crippen LogP contribution is 2.25. The molecular formula is C13H21Cl2N3O. The van der Waals surface area contributed by atoms with E-state index >= 15 is 0 Å². The molecule has 2 rings (SSSR count). The minimum atomic E-state index is 0. The van der Waals surface area contributed by atoms with Crippen LogP contribution in [-0.2, 0) is 7.05 Å². The van der Waals surface area contributed by atoms with Gasteiger partial charge in [0, 0.05) is 32.4 Å². The second kappa shape index (κ2) is 6.64. The second-order valence-corrected chi connectivity index (χ2v) is 5.51. The van der Waals surface area contributed by atoms with Gasteiger partial charge in [0.2, 0.25) is 0 Å². The normalized spacial score (nSPS) is 23.1. The van der Waals surface area contributed by atoms with Crippen LogP contribution in [0.4, 0.5) is 0 Å². The lowest BCUT2D eigenvalue weighted by atomic mass is 9.90. The SMILES string of the molecule is CC1CCCN(C(=O)c2cc(Cl)cn2C)C1CN.Cl. The van der Waals surface area contributed by atoms with Crippen LogP contribution in [-0.4, -0.2) is 34.5 Å². The smallest absolute Gasteiger partial charge is 0.270 e. The van der Waals surface area contributed by atoms with E-state index in [2.05, 4.69) is 6.92 Å². The summed E-state index contributed by atoms with van der Waals surface area (Å²) in [6, 6.07) is 1.86. The van der Waals surface area contributed by atoms with Crippen molar-refractivity contribution in [2.24, 2.45) is 18.7 Å². The van der Waals surface area contributed by atoms with Crippen molar-refractivity contribution in [2.75, 3.05) is 13.1 Å². The largest absolute Gasteiger partial charge is 0.345 e. The third-order valence-electron chi connectivity index (χ3n) is 3.81. The van der Waals surface area contributed by atoms with E-state index < -0.39 is 0 Å². The highest BCUT2D eigenvalue weighted by molar-refractivity contribution is 6.31. The molecule has 0 spiro atoms. The van der Waals surface area contributed by atoms with Gasteiger partial charge in [0.25, 0.3) is 5.91 Å². The number of halogens is 2. The van der Waals surface area contributed by atoms with Crippen LogP contribution in [0.2, 0.25) is 5.02 Å². The maximum Gasteiger partial charge on any atom is 0.270 e. The van der Waals surface area contributed by atoms with Crippen molar-refractivity contribution in [3.63, 3.8) is 0 Å². The standard InChI is InChI=1S/C13H20ClN3O.ClH/c1-9-4-3-5-17(12(9)7-15)13(18)11-6-10(14)8-16(11)2;/h6,8-9,12H,3-5,7,15H2,1-2H3;1H. The summed E-state index contributed by atoms with van der Waals surface area (Å²) in [5.74, 6) is 0.495. The maximum absolute atomic E-state index is 12.5. The van der Waals surface area contributed by atoms with Gasteiger partial charge in [-0.2, -0.15) is 0 Å². The Labute approximate surface area is 125 Å². The van der Waals surface area contributed by atoms with Gasteiger partial charge in [-0.15, -0.1) is 12.4 Å². The van der Waals surface area contributed by atoms with Gasteiger partial charge < -0.3 is 15.2 Å². The summed E-state index contributed by atoms with van der Waals surface area (Å²) in [6.45, 7) is 3.47. The molecule has 1 fully saturated rings. The zero-order valence-electron chi connectivity index (χ0n) is 11.3. The summed E-state index contributed by atoms with van der Waals surface area (Å²) in [5.41, 5.74) is 6.45. The molecule has 2 unspecified atom stereocenters. The van der Waals surface area contributed by atoms with Gasteiger partial charge in [-0.25, -0.2) is 0 Å². The van der Waals surface area contributed by atoms with Crippen LogP contribution in [0, 0.1) is 5.92 Å². The van der Waals surface area contributed by atoms with E-state index in [9.17, 15) is 4.79 Å². The van der Waals surface area contributed by atoms with E-state index in [1.54, 1.807) is 16.8 Å². The average molecular weight is 306 g/mol. The van der Waals surface area contributed by atoms with E-state index in [4.69, 9.17) is 17.3 Å². The molecule has 1 amide bonds. The zero-order valence-corrected chi connectivity index (χ0v) is 12.9. The molecule has 2 atom stereocenters. The minimum Gasteiger partial charge on any atom is -0.345 e. The second-order valence-electron chi connectivity index (χ2n) is 5.08. The molecule has 0 aliphatic carbocycles. The van der Waals surface area contributed by atoms with Crippen molar-refractivity contribution in [1.29, 1.82) is 0 Å². The molecule has 0 bridgehead atoms. The summed E-state index contributed by atoms with van der Waals surface area (Å²) in [6.07, 6.45) is 3.93. The van der Waals surface area contributed by atoms with Gasteiger partial charge in [-0.05, 0) is 24.8 Å². The number of piperidine rings is 1. The first-order chi connectivity index (χ1) is 8.54. The van der Waals surface area contributed by atoms with Crippen LogP contribution in [0.3, 0.4) is 0 Å². The number of rotatable bonds is 2. The Morgan fingerprint density at radius 3 is 2.79 bits per heavy atom. The number of carbonyl (C=O) groups excluding carboxylic acids is 1. The van der Waals surface area contributed by atoms with Crippen molar-refractivity contribution < 1.29 is 4.79 Å². The number of carbonyl (C=O) groups is 1. The Balaban J connectivity index is 0.00000180. The highest BCUT2D eigenvalue weighted by Gasteiger charge is 2.32. The number of amides is 1. The Morgan fingerprint density at radius 1 is 1.58 bits per heavy atom. The Bertz CT molecular complexity index is 447. The predicted octanol–water partition coefficient (Wildman–Crippen LogP) is 2.30. The van der Waals surface area contributed by atoms with E-state index in [1.165, 1.54) is 0 Å². The zero-order chi connectivity index (χ0) is 13.3. The summed E-state index contributed by atoms with van der Waals surface area (Å²) in [7, 11) is 1.84. The molecule has 0 saturated carbocycles. The first-order valence-corrected chi connectivity index (χ1v) is 6.75. The number of aromatic nitrogens is 1. The molecule has 108 valence electrons. The van der Waals surface area contributed by atoms with Crippen LogP contribution < -0.4 is 5.73 Å². The molecule has 0 radical (unpaired) electrons. The molecule has 1 aromatic heterocycles. The molecule has 2 heterocycles. The number of nitrogens with zero attached hydrogens (tertiary/aromatic N) is 2. The number of hydrogen-bond donors (Lipinski definition) is 1. The van der Waals surface area contributed by atoms with Crippen molar-refractivity contribution in [3.8, 4) is 0 Å². The van der Waals surface area contributed by atoms with Crippen LogP contribution in [0.25, 0.3) is 0 Å².